The van der Waals surface area contributed by atoms with E-state index in [0.717, 1.165) is 16.7 Å². The summed E-state index contributed by atoms with van der Waals surface area (Å²) in [6.45, 7) is 0.0928. The zero-order chi connectivity index (χ0) is 26.6. The van der Waals surface area contributed by atoms with Crippen LogP contribution >= 0.6 is 11.6 Å². The number of carbonyl (C=O) groups is 2. The van der Waals surface area contributed by atoms with Gasteiger partial charge in [-0.1, -0.05) is 60.1 Å². The van der Waals surface area contributed by atoms with Gasteiger partial charge in [-0.25, -0.2) is 9.18 Å². The third-order valence-electron chi connectivity index (χ3n) is 5.88. The third-order valence-corrected chi connectivity index (χ3v) is 6.17. The number of rotatable bonds is 6. The molecule has 4 aromatic carbocycles. The minimum atomic E-state index is -0.634. The molecule has 9 heteroatoms. The number of aromatic nitrogens is 2. The molecule has 0 bridgehead atoms. The average Bonchev–Trinajstić information content (AvgIpc) is 3.25. The quantitative estimate of drug-likeness (QED) is 0.248. The molecule has 0 atom stereocenters. The Morgan fingerprint density at radius 1 is 0.895 bits per heavy atom. The molecule has 0 unspecified atom stereocenters. The van der Waals surface area contributed by atoms with Crippen LogP contribution in [0, 0.1) is 5.82 Å². The number of halogens is 2. The van der Waals surface area contributed by atoms with Crippen molar-refractivity contribution < 1.29 is 18.7 Å². The van der Waals surface area contributed by atoms with E-state index in [4.69, 9.17) is 16.3 Å². The van der Waals surface area contributed by atoms with E-state index in [-0.39, 0.29) is 17.3 Å². The fraction of sp³-hybridized carbons (Fsp3) is 0.0690. The Labute approximate surface area is 222 Å². The van der Waals surface area contributed by atoms with Crippen molar-refractivity contribution in [1.29, 1.82) is 0 Å². The minimum absolute atomic E-state index is 0.0928. The van der Waals surface area contributed by atoms with Crippen molar-refractivity contribution in [3.63, 3.8) is 0 Å². The Bertz CT molecular complexity index is 1650. The first-order chi connectivity index (χ1) is 18.4. The lowest BCUT2D eigenvalue weighted by atomic mass is 10.0. The summed E-state index contributed by atoms with van der Waals surface area (Å²) in [6, 6.07) is 26.6. The molecule has 5 aromatic rings. The number of hydrogen-bond donors (Lipinski definition) is 2. The van der Waals surface area contributed by atoms with Gasteiger partial charge in [-0.3, -0.25) is 14.8 Å². The fourth-order valence-corrected chi connectivity index (χ4v) is 4.26. The number of carbonyl (C=O) groups excluding carboxylic acids is 2. The SMILES string of the molecule is Cn1nc2ccc(NC(=O)OCc3cccc(-c4ccccc4)c3)cc2c1C(=O)Nc1ccc(F)c(Cl)c1. The maximum absolute atomic E-state index is 13.5. The van der Waals surface area contributed by atoms with Gasteiger partial charge in [0.05, 0.1) is 10.5 Å². The predicted molar refractivity (Wildman–Crippen MR) is 146 cm³/mol. The molecule has 2 amide bonds. The zero-order valence-corrected chi connectivity index (χ0v) is 21.0. The van der Waals surface area contributed by atoms with E-state index in [2.05, 4.69) is 15.7 Å². The highest BCUT2D eigenvalue weighted by Crippen LogP contribution is 2.25. The number of fused-ring (bicyclic) bond motifs is 1. The summed E-state index contributed by atoms with van der Waals surface area (Å²) in [5.74, 6) is -1.04. The molecule has 38 heavy (non-hydrogen) atoms. The van der Waals surface area contributed by atoms with Crippen LogP contribution in [0.3, 0.4) is 0 Å². The minimum Gasteiger partial charge on any atom is -0.444 e. The summed E-state index contributed by atoms with van der Waals surface area (Å²) in [7, 11) is 1.64. The highest BCUT2D eigenvalue weighted by atomic mass is 35.5. The van der Waals surface area contributed by atoms with E-state index >= 15 is 0 Å². The van der Waals surface area contributed by atoms with Crippen LogP contribution in [0.15, 0.2) is 91.0 Å². The third kappa shape index (κ3) is 5.50. The van der Waals surface area contributed by atoms with Crippen molar-refractivity contribution in [2.24, 2.45) is 7.05 Å². The molecule has 5 rings (SSSR count). The van der Waals surface area contributed by atoms with Crippen molar-refractivity contribution >= 4 is 45.9 Å². The first kappa shape index (κ1) is 25.0. The molecule has 0 saturated heterocycles. The van der Waals surface area contributed by atoms with E-state index in [1.54, 1.807) is 25.2 Å². The molecule has 0 saturated carbocycles. The molecule has 1 aromatic heterocycles. The molecule has 0 spiro atoms. The molecule has 190 valence electrons. The van der Waals surface area contributed by atoms with E-state index < -0.39 is 17.8 Å². The first-order valence-corrected chi connectivity index (χ1v) is 12.1. The molecule has 0 aliphatic rings. The zero-order valence-electron chi connectivity index (χ0n) is 20.2. The number of ether oxygens (including phenoxy) is 1. The Balaban J connectivity index is 1.28. The lowest BCUT2D eigenvalue weighted by Gasteiger charge is -2.09. The second-order valence-corrected chi connectivity index (χ2v) is 8.96. The second-order valence-electron chi connectivity index (χ2n) is 8.55. The Kier molecular flexibility index (Phi) is 7.06. The molecular weight excluding hydrogens is 507 g/mol. The molecule has 0 aliphatic heterocycles. The van der Waals surface area contributed by atoms with Crippen molar-refractivity contribution in [3.05, 3.63) is 113 Å². The second kappa shape index (κ2) is 10.7. The molecule has 0 fully saturated rings. The van der Waals surface area contributed by atoms with Gasteiger partial charge in [-0.2, -0.15) is 5.10 Å². The van der Waals surface area contributed by atoms with Gasteiger partial charge in [-0.05, 0) is 59.2 Å². The largest absolute Gasteiger partial charge is 0.444 e. The Hall–Kier alpha value is -4.69. The number of nitrogens with zero attached hydrogens (tertiary/aromatic N) is 2. The summed E-state index contributed by atoms with van der Waals surface area (Å²) in [5.41, 5.74) is 4.55. The Morgan fingerprint density at radius 3 is 2.42 bits per heavy atom. The van der Waals surface area contributed by atoms with Crippen molar-refractivity contribution in [3.8, 4) is 11.1 Å². The fourth-order valence-electron chi connectivity index (χ4n) is 4.08. The molecule has 7 nitrogen and oxygen atoms in total. The van der Waals surface area contributed by atoms with Crippen LogP contribution < -0.4 is 10.6 Å². The van der Waals surface area contributed by atoms with E-state index in [9.17, 15) is 14.0 Å². The van der Waals surface area contributed by atoms with Gasteiger partial charge in [0.25, 0.3) is 5.91 Å². The number of amides is 2. The molecule has 0 aliphatic carbocycles. The maximum atomic E-state index is 13.5. The lowest BCUT2D eigenvalue weighted by molar-refractivity contribution is 0.101. The van der Waals surface area contributed by atoms with Gasteiger partial charge in [0.15, 0.2) is 0 Å². The van der Waals surface area contributed by atoms with Gasteiger partial charge in [0.1, 0.15) is 18.1 Å². The first-order valence-electron chi connectivity index (χ1n) is 11.7. The van der Waals surface area contributed by atoms with Crippen molar-refractivity contribution in [2.75, 3.05) is 10.6 Å². The number of anilines is 2. The van der Waals surface area contributed by atoms with Crippen LogP contribution in [-0.4, -0.2) is 21.8 Å². The summed E-state index contributed by atoms with van der Waals surface area (Å²) in [5, 5.41) is 10.2. The van der Waals surface area contributed by atoms with Gasteiger partial charge >= 0.3 is 6.09 Å². The molecular formula is C29H22ClFN4O3. The lowest BCUT2D eigenvalue weighted by Crippen LogP contribution is -2.16. The monoisotopic (exact) mass is 528 g/mol. The number of nitrogens with one attached hydrogen (secondary N) is 2. The van der Waals surface area contributed by atoms with Crippen LogP contribution in [0.1, 0.15) is 16.1 Å². The smallest absolute Gasteiger partial charge is 0.411 e. The van der Waals surface area contributed by atoms with Gasteiger partial charge in [0.2, 0.25) is 0 Å². The van der Waals surface area contributed by atoms with Crippen LogP contribution in [0.5, 0.6) is 0 Å². The van der Waals surface area contributed by atoms with E-state index in [1.165, 1.54) is 22.9 Å². The van der Waals surface area contributed by atoms with E-state index in [0.29, 0.717) is 22.3 Å². The molecule has 1 heterocycles. The normalized spacial score (nSPS) is 10.8. The highest BCUT2D eigenvalue weighted by Gasteiger charge is 2.18. The standard InChI is InChI=1S/C29H22ClFN4O3/c1-35-27(28(36)32-22-10-12-25(31)24(30)16-22)23-15-21(11-13-26(23)34-35)33-29(37)38-17-18-6-5-9-20(14-18)19-7-3-2-4-8-19/h2-16H,17H2,1H3,(H,32,36)(H,33,37). The number of benzene rings is 4. The van der Waals surface area contributed by atoms with Crippen LogP contribution in [-0.2, 0) is 18.4 Å². The molecule has 2 N–H and O–H groups in total. The van der Waals surface area contributed by atoms with Crippen LogP contribution in [0.25, 0.3) is 22.0 Å². The summed E-state index contributed by atoms with van der Waals surface area (Å²) < 4.78 is 20.3. The number of aryl methyl sites for hydroxylation is 1. The van der Waals surface area contributed by atoms with Crippen molar-refractivity contribution in [1.82, 2.24) is 9.78 Å². The number of hydrogen-bond acceptors (Lipinski definition) is 4. The van der Waals surface area contributed by atoms with Gasteiger partial charge in [0, 0.05) is 23.8 Å². The van der Waals surface area contributed by atoms with Gasteiger partial charge < -0.3 is 10.1 Å². The Morgan fingerprint density at radius 2 is 1.63 bits per heavy atom. The average molecular weight is 529 g/mol. The van der Waals surface area contributed by atoms with Crippen LogP contribution in [0.4, 0.5) is 20.6 Å². The van der Waals surface area contributed by atoms with Crippen LogP contribution in [0.2, 0.25) is 5.02 Å². The molecule has 0 radical (unpaired) electrons. The summed E-state index contributed by atoms with van der Waals surface area (Å²) in [4.78, 5) is 25.5. The summed E-state index contributed by atoms with van der Waals surface area (Å²) in [6.07, 6.45) is -0.634. The van der Waals surface area contributed by atoms with E-state index in [1.807, 2.05) is 54.6 Å². The van der Waals surface area contributed by atoms with Gasteiger partial charge in [-0.15, -0.1) is 0 Å². The highest BCUT2D eigenvalue weighted by molar-refractivity contribution is 6.31. The topological polar surface area (TPSA) is 85.2 Å². The summed E-state index contributed by atoms with van der Waals surface area (Å²) >= 11 is 5.82. The van der Waals surface area contributed by atoms with Crippen molar-refractivity contribution in [2.45, 2.75) is 6.61 Å². The predicted octanol–water partition coefficient (Wildman–Crippen LogP) is 7.03. The maximum Gasteiger partial charge on any atom is 0.411 e.